The normalized spacial score (nSPS) is 13.4. The van der Waals surface area contributed by atoms with Crippen LogP contribution >= 0.6 is 0 Å². The van der Waals surface area contributed by atoms with Gasteiger partial charge in [-0.2, -0.15) is 0 Å². The molecule has 0 radical (unpaired) electrons. The molecule has 0 aliphatic rings. The summed E-state index contributed by atoms with van der Waals surface area (Å²) in [4.78, 5) is 38.1. The molecule has 0 aromatic rings. The maximum absolute atomic E-state index is 12.8. The smallest absolute Gasteiger partial charge is 0.306 e. The molecule has 0 aliphatic carbocycles. The Morgan fingerprint density at radius 2 is 0.481 bits per heavy atom. The van der Waals surface area contributed by atoms with Crippen molar-refractivity contribution in [2.75, 3.05) is 13.2 Å². The van der Waals surface area contributed by atoms with Crippen LogP contribution in [0.3, 0.4) is 0 Å². The summed E-state index contributed by atoms with van der Waals surface area (Å²) in [6, 6.07) is 0. The maximum Gasteiger partial charge on any atom is 0.306 e. The number of esters is 3. The second-order valence-corrected chi connectivity index (χ2v) is 19.8. The van der Waals surface area contributed by atoms with Crippen molar-refractivity contribution in [1.29, 1.82) is 0 Å². The van der Waals surface area contributed by atoms with E-state index in [-0.39, 0.29) is 44.0 Å². The highest BCUT2D eigenvalue weighted by Gasteiger charge is 2.19. The van der Waals surface area contributed by atoms with Gasteiger partial charge in [-0.15, -0.1) is 0 Å². The minimum atomic E-state index is -0.839. The minimum Gasteiger partial charge on any atom is -0.462 e. The number of unbranched alkanes of at least 4 members (excludes halogenated alkanes) is 13. The van der Waals surface area contributed by atoms with E-state index in [0.717, 1.165) is 128 Å². The molecule has 0 heterocycles. The summed E-state index contributed by atoms with van der Waals surface area (Å²) in [6.07, 6.45) is 97.8. The lowest BCUT2D eigenvalue weighted by molar-refractivity contribution is -0.166. The summed E-state index contributed by atoms with van der Waals surface area (Å²) in [5, 5.41) is 0. The van der Waals surface area contributed by atoms with E-state index in [4.69, 9.17) is 14.2 Å². The first-order chi connectivity index (χ1) is 39.0. The van der Waals surface area contributed by atoms with Gasteiger partial charge in [0.25, 0.3) is 0 Å². The Kier molecular flexibility index (Phi) is 60.5. The van der Waals surface area contributed by atoms with E-state index in [0.29, 0.717) is 19.3 Å². The maximum atomic E-state index is 12.8. The molecule has 1 unspecified atom stereocenters. The van der Waals surface area contributed by atoms with Crippen LogP contribution in [0.2, 0.25) is 0 Å². The second kappa shape index (κ2) is 65.0. The minimum absolute atomic E-state index is 0.127. The van der Waals surface area contributed by atoms with Crippen molar-refractivity contribution in [3.05, 3.63) is 182 Å². The summed E-state index contributed by atoms with van der Waals surface area (Å²) in [7, 11) is 0. The molecule has 0 N–H and O–H groups in total. The first kappa shape index (κ1) is 73.5. The van der Waals surface area contributed by atoms with E-state index in [1.807, 2.05) is 12.2 Å². The zero-order valence-corrected chi connectivity index (χ0v) is 50.3. The molecule has 440 valence electrons. The lowest BCUT2D eigenvalue weighted by Crippen LogP contribution is -2.30. The van der Waals surface area contributed by atoms with Crippen LogP contribution in [0.15, 0.2) is 182 Å². The van der Waals surface area contributed by atoms with E-state index < -0.39 is 6.10 Å². The Balaban J connectivity index is 4.33. The van der Waals surface area contributed by atoms with Gasteiger partial charge in [-0.1, -0.05) is 261 Å². The van der Waals surface area contributed by atoms with Crippen LogP contribution in [0.5, 0.6) is 0 Å². The van der Waals surface area contributed by atoms with Gasteiger partial charge in [0.1, 0.15) is 13.2 Å². The predicted molar refractivity (Wildman–Crippen MR) is 343 cm³/mol. The van der Waals surface area contributed by atoms with Crippen molar-refractivity contribution in [3.63, 3.8) is 0 Å². The average Bonchev–Trinajstić information content (AvgIpc) is 3.45. The highest BCUT2D eigenvalue weighted by atomic mass is 16.6. The molecule has 0 rings (SSSR count). The lowest BCUT2D eigenvalue weighted by atomic mass is 10.0. The average molecular weight is 1090 g/mol. The number of allylic oxidation sites excluding steroid dienone is 30. The third-order valence-electron chi connectivity index (χ3n) is 12.4. The Morgan fingerprint density at radius 1 is 0.253 bits per heavy atom. The molecule has 6 nitrogen and oxygen atoms in total. The van der Waals surface area contributed by atoms with Crippen LogP contribution in [0.4, 0.5) is 0 Å². The molecule has 0 fully saturated rings. The Morgan fingerprint density at radius 3 is 0.810 bits per heavy atom. The molecule has 0 aromatic carbocycles. The Bertz CT molecular complexity index is 1870. The Hall–Kier alpha value is -5.49. The van der Waals surface area contributed by atoms with Gasteiger partial charge in [-0.25, -0.2) is 0 Å². The van der Waals surface area contributed by atoms with Gasteiger partial charge in [-0.3, -0.25) is 14.4 Å². The fourth-order valence-electron chi connectivity index (χ4n) is 7.84. The van der Waals surface area contributed by atoms with Gasteiger partial charge in [-0.05, 0) is 141 Å². The first-order valence-corrected chi connectivity index (χ1v) is 31.3. The molecule has 79 heavy (non-hydrogen) atoms. The van der Waals surface area contributed by atoms with Gasteiger partial charge in [0, 0.05) is 19.3 Å². The highest BCUT2D eigenvalue weighted by Crippen LogP contribution is 2.14. The zero-order chi connectivity index (χ0) is 57.1. The first-order valence-electron chi connectivity index (χ1n) is 31.3. The Labute approximate surface area is 484 Å². The van der Waals surface area contributed by atoms with Crippen LogP contribution < -0.4 is 0 Å². The molecule has 0 spiro atoms. The number of carbonyl (C=O) groups excluding carboxylic acids is 3. The topological polar surface area (TPSA) is 78.9 Å². The highest BCUT2D eigenvalue weighted by molar-refractivity contribution is 5.71. The molecule has 1 atom stereocenters. The van der Waals surface area contributed by atoms with Crippen molar-refractivity contribution < 1.29 is 28.6 Å². The van der Waals surface area contributed by atoms with E-state index in [1.165, 1.54) is 57.8 Å². The van der Waals surface area contributed by atoms with Crippen LogP contribution in [-0.2, 0) is 28.6 Å². The van der Waals surface area contributed by atoms with Crippen LogP contribution in [0.1, 0.15) is 239 Å². The van der Waals surface area contributed by atoms with Crippen molar-refractivity contribution >= 4 is 17.9 Å². The van der Waals surface area contributed by atoms with Gasteiger partial charge in [0.2, 0.25) is 0 Å². The molecular weight excluding hydrogens is 973 g/mol. The van der Waals surface area contributed by atoms with Crippen molar-refractivity contribution in [1.82, 2.24) is 0 Å². The molecule has 0 amide bonds. The summed E-state index contributed by atoms with van der Waals surface area (Å²) < 4.78 is 16.8. The van der Waals surface area contributed by atoms with Gasteiger partial charge < -0.3 is 14.2 Å². The molecule has 0 aromatic heterocycles. The standard InChI is InChI=1S/C73H112O6/c1-4-7-10-13-16-19-22-25-27-28-29-30-31-32-33-34-35-36-37-38-39-40-41-42-43-44-46-48-51-54-57-60-63-66-72(75)78-69-70(68-77-71(74)65-62-59-56-53-50-47-24-21-18-15-12-9-6-3)79-73(76)67-64-61-58-55-52-49-45-26-23-20-17-14-11-8-5-2/h7-12,16-21,25-27,29-30,32-33,35-36,38-39,45,47,50,52,55-56,59,70H,4-6,13-15,22-24,28,31,34,37,40-44,46,48-49,51,53-54,57-58,60-69H2,1-3H3/b10-7-,11-8-,12-9-,19-16-,20-17-,21-18-,27-25-,30-29-,33-32-,36-35-,39-38-,45-26-,50-47-,55-52-,59-56-. The van der Waals surface area contributed by atoms with E-state index >= 15 is 0 Å². The van der Waals surface area contributed by atoms with Crippen LogP contribution in [0, 0.1) is 0 Å². The third-order valence-corrected chi connectivity index (χ3v) is 12.4. The van der Waals surface area contributed by atoms with Gasteiger partial charge in [0.15, 0.2) is 6.10 Å². The summed E-state index contributed by atoms with van der Waals surface area (Å²) in [5.41, 5.74) is 0. The van der Waals surface area contributed by atoms with Crippen molar-refractivity contribution in [2.45, 2.75) is 245 Å². The molecular formula is C73H112O6. The van der Waals surface area contributed by atoms with Crippen LogP contribution in [0.25, 0.3) is 0 Å². The number of ether oxygens (including phenoxy) is 3. The molecule has 0 bridgehead atoms. The summed E-state index contributed by atoms with van der Waals surface area (Å²) >= 11 is 0. The van der Waals surface area contributed by atoms with Crippen LogP contribution in [-0.4, -0.2) is 37.2 Å². The zero-order valence-electron chi connectivity index (χ0n) is 50.3. The van der Waals surface area contributed by atoms with Crippen molar-refractivity contribution in [2.24, 2.45) is 0 Å². The fraction of sp³-hybridized carbons (Fsp3) is 0.548. The molecule has 0 saturated heterocycles. The second-order valence-electron chi connectivity index (χ2n) is 19.8. The molecule has 6 heteroatoms. The SMILES string of the molecule is CC/C=C\C/C=C\C/C=C\C/C=C\C/C=C\C/C=C\C/C=C\CCCCCCCCCCCCCC(=O)OCC(COC(=O)CC/C=C\C/C=C\C/C=C\C/C=C\CC)OC(=O)CCCC/C=C\C/C=C\C/C=C\C/C=C\CC. The largest absolute Gasteiger partial charge is 0.462 e. The van der Waals surface area contributed by atoms with E-state index in [9.17, 15) is 14.4 Å². The third kappa shape index (κ3) is 63.2. The number of rotatable bonds is 54. The quantitative estimate of drug-likeness (QED) is 0.0261. The number of hydrogen-bond acceptors (Lipinski definition) is 6. The van der Waals surface area contributed by atoms with Gasteiger partial charge >= 0.3 is 17.9 Å². The number of hydrogen-bond donors (Lipinski definition) is 0. The number of carbonyl (C=O) groups is 3. The molecule has 0 aliphatic heterocycles. The molecule has 0 saturated carbocycles. The monoisotopic (exact) mass is 1080 g/mol. The van der Waals surface area contributed by atoms with E-state index in [1.54, 1.807) is 0 Å². The predicted octanol–water partition coefficient (Wildman–Crippen LogP) is 21.7. The summed E-state index contributed by atoms with van der Waals surface area (Å²) in [5.74, 6) is -1.07. The van der Waals surface area contributed by atoms with Crippen molar-refractivity contribution in [3.8, 4) is 0 Å². The van der Waals surface area contributed by atoms with Gasteiger partial charge in [0.05, 0.1) is 0 Å². The lowest BCUT2D eigenvalue weighted by Gasteiger charge is -2.18. The summed E-state index contributed by atoms with van der Waals surface area (Å²) in [6.45, 7) is 6.17. The fourth-order valence-corrected chi connectivity index (χ4v) is 7.84. The van der Waals surface area contributed by atoms with E-state index in [2.05, 4.69) is 191 Å².